The van der Waals surface area contributed by atoms with Crippen LogP contribution < -0.4 is 0 Å². The van der Waals surface area contributed by atoms with Gasteiger partial charge in [-0.05, 0) is 57.8 Å². The number of rotatable bonds is 6. The number of hydrogen-bond donors (Lipinski definition) is 0. The number of carbonyl (C=O) groups is 1. The van der Waals surface area contributed by atoms with E-state index in [1.54, 1.807) is 0 Å². The van der Waals surface area contributed by atoms with Crippen molar-refractivity contribution in [2.24, 2.45) is 0 Å². The van der Waals surface area contributed by atoms with E-state index in [1.807, 2.05) is 52.0 Å². The molecule has 0 aliphatic rings. The van der Waals surface area contributed by atoms with Gasteiger partial charge >= 0.3 is 0 Å². The van der Waals surface area contributed by atoms with Crippen LogP contribution in [0.3, 0.4) is 0 Å². The van der Waals surface area contributed by atoms with Gasteiger partial charge in [-0.3, -0.25) is 4.79 Å². The molecule has 1 heteroatoms. The van der Waals surface area contributed by atoms with Gasteiger partial charge in [-0.1, -0.05) is 18.2 Å². The van der Waals surface area contributed by atoms with Crippen molar-refractivity contribution in [3.63, 3.8) is 0 Å². The fourth-order valence-corrected chi connectivity index (χ4v) is 1.39. The van der Waals surface area contributed by atoms with E-state index in [2.05, 4.69) is 5.73 Å². The molecular weight excluding hydrogens is 196 g/mol. The van der Waals surface area contributed by atoms with Gasteiger partial charge in [0.25, 0.3) is 0 Å². The zero-order chi connectivity index (χ0) is 12.4. The van der Waals surface area contributed by atoms with Crippen molar-refractivity contribution in [3.05, 3.63) is 41.2 Å². The summed E-state index contributed by atoms with van der Waals surface area (Å²) in [6.07, 6.45) is 10.3. The van der Waals surface area contributed by atoms with Crippen LogP contribution in [-0.2, 0) is 4.79 Å². The summed E-state index contributed by atoms with van der Waals surface area (Å²) in [4.78, 5) is 11.5. The molecule has 16 heavy (non-hydrogen) atoms. The molecule has 0 atom stereocenters. The summed E-state index contributed by atoms with van der Waals surface area (Å²) in [5, 5.41) is 0. The van der Waals surface area contributed by atoms with Crippen molar-refractivity contribution in [2.45, 2.75) is 47.0 Å². The Morgan fingerprint density at radius 2 is 1.88 bits per heavy atom. The summed E-state index contributed by atoms with van der Waals surface area (Å²) in [5.41, 5.74) is 5.21. The normalized spacial score (nSPS) is 11.4. The van der Waals surface area contributed by atoms with Gasteiger partial charge in [0, 0.05) is 6.42 Å². The molecule has 0 aliphatic heterocycles. The third-order valence-electron chi connectivity index (χ3n) is 2.42. The molecule has 0 bridgehead atoms. The molecule has 0 fully saturated rings. The standard InChI is InChI=1S/C15H22O/c1-5-9-14(10-6-2)11-8-12-15(16)13(4)7-3/h5-7,9H,8,11-12H2,1-4H3. The molecule has 0 spiro atoms. The number of ketones is 1. The molecule has 0 N–H and O–H groups in total. The second-order valence-corrected chi connectivity index (χ2v) is 3.71. The summed E-state index contributed by atoms with van der Waals surface area (Å²) in [5.74, 6) is 0.253. The minimum atomic E-state index is 0.253. The van der Waals surface area contributed by atoms with E-state index in [4.69, 9.17) is 0 Å². The lowest BCUT2D eigenvalue weighted by molar-refractivity contribution is -0.115. The van der Waals surface area contributed by atoms with E-state index in [0.717, 1.165) is 24.0 Å². The monoisotopic (exact) mass is 218 g/mol. The Hall–Kier alpha value is -1.33. The van der Waals surface area contributed by atoms with E-state index in [-0.39, 0.29) is 5.78 Å². The molecular formula is C15H22O. The van der Waals surface area contributed by atoms with Crippen LogP contribution in [-0.4, -0.2) is 5.78 Å². The molecule has 88 valence electrons. The number of Topliss-reactive ketones (excluding diaryl/α,β-unsaturated/α-hetero) is 1. The zero-order valence-corrected chi connectivity index (χ0v) is 10.8. The smallest absolute Gasteiger partial charge is 0.158 e. The Morgan fingerprint density at radius 1 is 1.19 bits per heavy atom. The molecule has 0 unspecified atom stereocenters. The Bertz CT molecular complexity index is 336. The average molecular weight is 218 g/mol. The second-order valence-electron chi connectivity index (χ2n) is 3.71. The van der Waals surface area contributed by atoms with Gasteiger partial charge < -0.3 is 0 Å². The Morgan fingerprint density at radius 3 is 2.38 bits per heavy atom. The highest BCUT2D eigenvalue weighted by Gasteiger charge is 2.03. The van der Waals surface area contributed by atoms with Crippen LogP contribution in [0.4, 0.5) is 0 Å². The van der Waals surface area contributed by atoms with E-state index >= 15 is 0 Å². The van der Waals surface area contributed by atoms with Gasteiger partial charge in [-0.15, -0.1) is 5.73 Å². The molecule has 0 rings (SSSR count). The summed E-state index contributed by atoms with van der Waals surface area (Å²) < 4.78 is 0. The summed E-state index contributed by atoms with van der Waals surface area (Å²) >= 11 is 0. The van der Waals surface area contributed by atoms with Crippen molar-refractivity contribution < 1.29 is 4.79 Å². The van der Waals surface area contributed by atoms with Gasteiger partial charge in [-0.25, -0.2) is 0 Å². The fourth-order valence-electron chi connectivity index (χ4n) is 1.39. The van der Waals surface area contributed by atoms with Crippen LogP contribution in [0.1, 0.15) is 47.0 Å². The van der Waals surface area contributed by atoms with E-state index in [1.165, 1.54) is 0 Å². The Labute approximate surface area is 99.3 Å². The quantitative estimate of drug-likeness (QED) is 0.367. The third kappa shape index (κ3) is 6.21. The first kappa shape index (κ1) is 14.7. The molecule has 1 nitrogen and oxygen atoms in total. The summed E-state index contributed by atoms with van der Waals surface area (Å²) in [6, 6.07) is 0. The van der Waals surface area contributed by atoms with Crippen LogP contribution in [0.25, 0.3) is 0 Å². The Balaban J connectivity index is 4.16. The molecule has 0 saturated carbocycles. The maximum Gasteiger partial charge on any atom is 0.158 e. The maximum atomic E-state index is 11.5. The molecule has 0 aromatic heterocycles. The third-order valence-corrected chi connectivity index (χ3v) is 2.42. The van der Waals surface area contributed by atoms with Crippen molar-refractivity contribution in [1.29, 1.82) is 0 Å². The maximum absolute atomic E-state index is 11.5. The SMILES string of the molecule is CC=C=C(C=CC)CCCC(=O)C(C)=CC. The topological polar surface area (TPSA) is 17.1 Å². The van der Waals surface area contributed by atoms with Crippen molar-refractivity contribution in [1.82, 2.24) is 0 Å². The van der Waals surface area contributed by atoms with Gasteiger partial charge in [0.2, 0.25) is 0 Å². The lowest BCUT2D eigenvalue weighted by Gasteiger charge is -2.00. The van der Waals surface area contributed by atoms with Crippen LogP contribution in [0, 0.1) is 0 Å². The minimum Gasteiger partial charge on any atom is -0.295 e. The number of hydrogen-bond acceptors (Lipinski definition) is 1. The molecule has 0 heterocycles. The van der Waals surface area contributed by atoms with Crippen molar-refractivity contribution >= 4 is 5.78 Å². The number of carbonyl (C=O) groups excluding carboxylic acids is 1. The predicted octanol–water partition coefficient (Wildman–Crippen LogP) is 4.37. The van der Waals surface area contributed by atoms with Crippen LogP contribution >= 0.6 is 0 Å². The molecule has 0 aromatic rings. The fraction of sp³-hybridized carbons (Fsp3) is 0.467. The minimum absolute atomic E-state index is 0.253. The van der Waals surface area contributed by atoms with Crippen LogP contribution in [0.15, 0.2) is 41.2 Å². The van der Waals surface area contributed by atoms with Gasteiger partial charge in [-0.2, -0.15) is 0 Å². The average Bonchev–Trinajstić information content (AvgIpc) is 2.28. The van der Waals surface area contributed by atoms with Gasteiger partial charge in [0.1, 0.15) is 0 Å². The summed E-state index contributed by atoms with van der Waals surface area (Å²) in [6.45, 7) is 7.72. The van der Waals surface area contributed by atoms with Crippen molar-refractivity contribution in [2.75, 3.05) is 0 Å². The highest BCUT2D eigenvalue weighted by atomic mass is 16.1. The largest absolute Gasteiger partial charge is 0.295 e. The highest BCUT2D eigenvalue weighted by molar-refractivity contribution is 5.94. The molecule has 0 aliphatic carbocycles. The predicted molar refractivity (Wildman–Crippen MR) is 70.4 cm³/mol. The van der Waals surface area contributed by atoms with Gasteiger partial charge in [0.05, 0.1) is 0 Å². The zero-order valence-electron chi connectivity index (χ0n) is 10.8. The molecule has 0 amide bonds. The molecule has 0 radical (unpaired) electrons. The van der Waals surface area contributed by atoms with Gasteiger partial charge in [0.15, 0.2) is 5.78 Å². The first-order valence-electron chi connectivity index (χ1n) is 5.84. The van der Waals surface area contributed by atoms with Crippen LogP contribution in [0.2, 0.25) is 0 Å². The van der Waals surface area contributed by atoms with Crippen molar-refractivity contribution in [3.8, 4) is 0 Å². The number of allylic oxidation sites excluding steroid dienone is 5. The highest BCUT2D eigenvalue weighted by Crippen LogP contribution is 2.10. The lowest BCUT2D eigenvalue weighted by atomic mass is 10.0. The van der Waals surface area contributed by atoms with Crippen LogP contribution in [0.5, 0.6) is 0 Å². The Kier molecular flexibility index (Phi) is 8.19. The first-order valence-corrected chi connectivity index (χ1v) is 5.84. The van der Waals surface area contributed by atoms with E-state index in [0.29, 0.717) is 6.42 Å². The first-order chi connectivity index (χ1) is 7.65. The molecule has 0 aromatic carbocycles. The summed E-state index contributed by atoms with van der Waals surface area (Å²) in [7, 11) is 0. The molecule has 0 saturated heterocycles. The lowest BCUT2D eigenvalue weighted by Crippen LogP contribution is -1.98. The van der Waals surface area contributed by atoms with E-state index in [9.17, 15) is 4.79 Å². The van der Waals surface area contributed by atoms with E-state index < -0.39 is 0 Å². The second kappa shape index (κ2) is 8.94.